The Balaban J connectivity index is 1.86. The zero-order chi connectivity index (χ0) is 20.4. The van der Waals surface area contributed by atoms with Crippen molar-refractivity contribution in [1.82, 2.24) is 25.3 Å². The highest BCUT2D eigenvalue weighted by Crippen LogP contribution is 2.29. The molecule has 2 heterocycles. The molecule has 0 aliphatic heterocycles. The monoisotopic (exact) mass is 401 g/mol. The van der Waals surface area contributed by atoms with E-state index in [-0.39, 0.29) is 11.7 Å². The standard InChI is InChI=1S/C20H24FN5OS/c1-11(2)8-9-22-19(27)18-13(4)23-20(28-18)17-14(5)26(25-24-17)15-7-6-12(3)16(21)10-15/h6-7,10-11H,8-9H2,1-5H3,(H,22,27). The van der Waals surface area contributed by atoms with E-state index in [2.05, 4.69) is 34.5 Å². The largest absolute Gasteiger partial charge is 0.351 e. The van der Waals surface area contributed by atoms with E-state index in [9.17, 15) is 9.18 Å². The number of carbonyl (C=O) groups excluding carboxylic acids is 1. The molecule has 3 rings (SSSR count). The number of rotatable bonds is 6. The highest BCUT2D eigenvalue weighted by molar-refractivity contribution is 7.17. The third-order valence-corrected chi connectivity index (χ3v) is 5.67. The second-order valence-electron chi connectivity index (χ2n) is 7.24. The Labute approximate surface area is 167 Å². The minimum Gasteiger partial charge on any atom is -0.351 e. The summed E-state index contributed by atoms with van der Waals surface area (Å²) < 4.78 is 15.5. The molecule has 0 unspecified atom stereocenters. The van der Waals surface area contributed by atoms with Crippen LogP contribution in [0.4, 0.5) is 4.39 Å². The summed E-state index contributed by atoms with van der Waals surface area (Å²) in [6.07, 6.45) is 0.928. The van der Waals surface area contributed by atoms with Gasteiger partial charge in [0.15, 0.2) is 0 Å². The van der Waals surface area contributed by atoms with Gasteiger partial charge in [-0.2, -0.15) is 0 Å². The molecule has 8 heteroatoms. The zero-order valence-corrected chi connectivity index (χ0v) is 17.5. The molecule has 0 aliphatic rings. The summed E-state index contributed by atoms with van der Waals surface area (Å²) in [7, 11) is 0. The van der Waals surface area contributed by atoms with Crippen LogP contribution in [-0.4, -0.2) is 32.4 Å². The predicted molar refractivity (Wildman–Crippen MR) is 108 cm³/mol. The minimum absolute atomic E-state index is 0.118. The van der Waals surface area contributed by atoms with Crippen LogP contribution in [0.15, 0.2) is 18.2 Å². The second-order valence-corrected chi connectivity index (χ2v) is 8.24. The number of aromatic nitrogens is 4. The normalized spacial score (nSPS) is 11.2. The fourth-order valence-electron chi connectivity index (χ4n) is 2.75. The predicted octanol–water partition coefficient (Wildman–Crippen LogP) is 4.23. The maximum absolute atomic E-state index is 13.9. The molecule has 0 bridgehead atoms. The van der Waals surface area contributed by atoms with E-state index in [0.717, 1.165) is 12.1 Å². The molecular weight excluding hydrogens is 377 g/mol. The van der Waals surface area contributed by atoms with Gasteiger partial charge in [0.05, 0.1) is 17.1 Å². The van der Waals surface area contributed by atoms with Crippen LogP contribution >= 0.6 is 11.3 Å². The number of halogens is 1. The average Bonchev–Trinajstić information content (AvgIpc) is 3.19. The molecule has 0 saturated carbocycles. The summed E-state index contributed by atoms with van der Waals surface area (Å²) in [6.45, 7) is 10.3. The maximum Gasteiger partial charge on any atom is 0.263 e. The molecule has 0 aliphatic carbocycles. The Bertz CT molecular complexity index is 1010. The summed E-state index contributed by atoms with van der Waals surface area (Å²) in [5, 5.41) is 11.9. The molecule has 1 N–H and O–H groups in total. The van der Waals surface area contributed by atoms with Crippen molar-refractivity contribution < 1.29 is 9.18 Å². The molecule has 0 fully saturated rings. The van der Waals surface area contributed by atoms with Gasteiger partial charge < -0.3 is 5.32 Å². The first-order valence-corrected chi connectivity index (χ1v) is 10.0. The van der Waals surface area contributed by atoms with Crippen molar-refractivity contribution in [2.24, 2.45) is 5.92 Å². The summed E-state index contributed by atoms with van der Waals surface area (Å²) >= 11 is 1.29. The maximum atomic E-state index is 13.9. The van der Waals surface area contributed by atoms with Crippen LogP contribution in [0.25, 0.3) is 16.4 Å². The van der Waals surface area contributed by atoms with E-state index in [1.165, 1.54) is 17.4 Å². The number of nitrogens with zero attached hydrogens (tertiary/aromatic N) is 4. The third kappa shape index (κ3) is 4.11. The lowest BCUT2D eigenvalue weighted by molar-refractivity contribution is 0.0955. The Morgan fingerprint density at radius 2 is 2.04 bits per heavy atom. The van der Waals surface area contributed by atoms with Crippen LogP contribution < -0.4 is 5.32 Å². The molecule has 3 aromatic rings. The molecule has 1 amide bonds. The smallest absolute Gasteiger partial charge is 0.263 e. The van der Waals surface area contributed by atoms with Crippen LogP contribution in [0.5, 0.6) is 0 Å². The van der Waals surface area contributed by atoms with Crippen LogP contribution in [0, 0.1) is 32.5 Å². The Morgan fingerprint density at radius 3 is 2.71 bits per heavy atom. The van der Waals surface area contributed by atoms with Gasteiger partial charge in [0, 0.05) is 6.54 Å². The third-order valence-electron chi connectivity index (χ3n) is 4.51. The highest BCUT2D eigenvalue weighted by Gasteiger charge is 2.20. The molecule has 28 heavy (non-hydrogen) atoms. The van der Waals surface area contributed by atoms with Gasteiger partial charge in [-0.15, -0.1) is 16.4 Å². The number of hydrogen-bond acceptors (Lipinski definition) is 5. The quantitative estimate of drug-likeness (QED) is 0.671. The fourth-order valence-corrected chi connectivity index (χ4v) is 3.77. The van der Waals surface area contributed by atoms with Gasteiger partial charge in [0.1, 0.15) is 21.4 Å². The van der Waals surface area contributed by atoms with Crippen molar-refractivity contribution >= 4 is 17.2 Å². The van der Waals surface area contributed by atoms with Gasteiger partial charge in [-0.05, 0) is 50.8 Å². The number of thiazole rings is 1. The van der Waals surface area contributed by atoms with Crippen molar-refractivity contribution in [2.75, 3.05) is 6.54 Å². The van der Waals surface area contributed by atoms with Crippen molar-refractivity contribution in [3.63, 3.8) is 0 Å². The molecule has 1 aromatic carbocycles. The number of amides is 1. The van der Waals surface area contributed by atoms with E-state index in [0.29, 0.717) is 45.0 Å². The van der Waals surface area contributed by atoms with E-state index in [4.69, 9.17) is 0 Å². The summed E-state index contributed by atoms with van der Waals surface area (Å²) in [6, 6.07) is 4.94. The molecule has 0 radical (unpaired) electrons. The van der Waals surface area contributed by atoms with Crippen molar-refractivity contribution in [3.05, 3.63) is 45.8 Å². The Morgan fingerprint density at radius 1 is 1.29 bits per heavy atom. The zero-order valence-electron chi connectivity index (χ0n) is 16.7. The molecule has 0 atom stereocenters. The fraction of sp³-hybridized carbons (Fsp3) is 0.400. The molecule has 2 aromatic heterocycles. The summed E-state index contributed by atoms with van der Waals surface area (Å²) in [4.78, 5) is 17.5. The average molecular weight is 402 g/mol. The Hall–Kier alpha value is -2.61. The van der Waals surface area contributed by atoms with Gasteiger partial charge in [-0.25, -0.2) is 14.1 Å². The van der Waals surface area contributed by atoms with E-state index < -0.39 is 0 Å². The minimum atomic E-state index is -0.292. The first-order valence-electron chi connectivity index (χ1n) is 9.22. The van der Waals surface area contributed by atoms with Crippen LogP contribution in [0.3, 0.4) is 0 Å². The van der Waals surface area contributed by atoms with Crippen LogP contribution in [0.2, 0.25) is 0 Å². The second kappa shape index (κ2) is 8.18. The van der Waals surface area contributed by atoms with Crippen molar-refractivity contribution in [3.8, 4) is 16.4 Å². The molecule has 148 valence electrons. The van der Waals surface area contributed by atoms with Gasteiger partial charge in [-0.3, -0.25) is 4.79 Å². The van der Waals surface area contributed by atoms with Gasteiger partial charge in [0.2, 0.25) is 0 Å². The number of benzene rings is 1. The van der Waals surface area contributed by atoms with E-state index in [1.54, 1.807) is 23.7 Å². The lowest BCUT2D eigenvalue weighted by Crippen LogP contribution is -2.25. The van der Waals surface area contributed by atoms with Gasteiger partial charge >= 0.3 is 0 Å². The Kier molecular flexibility index (Phi) is 5.88. The summed E-state index contributed by atoms with van der Waals surface area (Å²) in [5.74, 6) is 0.120. The highest BCUT2D eigenvalue weighted by atomic mass is 32.1. The number of carbonyl (C=O) groups is 1. The van der Waals surface area contributed by atoms with Crippen molar-refractivity contribution in [1.29, 1.82) is 0 Å². The number of hydrogen-bond donors (Lipinski definition) is 1. The van der Waals surface area contributed by atoms with E-state index >= 15 is 0 Å². The molecular formula is C20H24FN5OS. The SMILES string of the molecule is Cc1ccc(-n2nnc(-c3nc(C)c(C(=O)NCCC(C)C)s3)c2C)cc1F. The van der Waals surface area contributed by atoms with Gasteiger partial charge in [-0.1, -0.05) is 25.1 Å². The lowest BCUT2D eigenvalue weighted by Gasteiger charge is -2.06. The van der Waals surface area contributed by atoms with Crippen LogP contribution in [0.1, 0.15) is 46.9 Å². The van der Waals surface area contributed by atoms with Gasteiger partial charge in [0.25, 0.3) is 5.91 Å². The number of nitrogens with one attached hydrogen (secondary N) is 1. The first-order chi connectivity index (χ1) is 13.3. The summed E-state index contributed by atoms with van der Waals surface area (Å²) in [5.41, 5.74) is 3.17. The topological polar surface area (TPSA) is 72.7 Å². The first kappa shape index (κ1) is 20.1. The van der Waals surface area contributed by atoms with E-state index in [1.807, 2.05) is 13.8 Å². The van der Waals surface area contributed by atoms with Crippen LogP contribution in [-0.2, 0) is 0 Å². The number of aryl methyl sites for hydroxylation is 2. The van der Waals surface area contributed by atoms with Crippen molar-refractivity contribution in [2.45, 2.75) is 41.0 Å². The lowest BCUT2D eigenvalue weighted by atomic mass is 10.1. The molecule has 0 saturated heterocycles. The molecule has 6 nitrogen and oxygen atoms in total. The molecule has 0 spiro atoms.